The maximum atomic E-state index is 2.84. The van der Waals surface area contributed by atoms with Crippen molar-refractivity contribution >= 4 is 20.2 Å². The Morgan fingerprint density at radius 3 is 1.35 bits per heavy atom. The Bertz CT molecular complexity index is 1710. The monoisotopic (exact) mass is 788 g/mol. The van der Waals surface area contributed by atoms with Crippen molar-refractivity contribution in [3.05, 3.63) is 129 Å². The van der Waals surface area contributed by atoms with Crippen LogP contribution in [0, 0.1) is 13.8 Å². The first kappa shape index (κ1) is 32.0. The van der Waals surface area contributed by atoms with Gasteiger partial charge in [-0.1, -0.05) is 0 Å². The molecule has 1 heterocycles. The summed E-state index contributed by atoms with van der Waals surface area (Å²) in [5.41, 5.74) is 15.1. The van der Waals surface area contributed by atoms with E-state index in [2.05, 4.69) is 134 Å². The van der Waals surface area contributed by atoms with Crippen LogP contribution < -0.4 is 0 Å². The molecule has 7 rings (SSSR count). The van der Waals surface area contributed by atoms with Crippen LogP contribution in [0.25, 0.3) is 34.4 Å². The van der Waals surface area contributed by atoms with Crippen molar-refractivity contribution < 1.29 is 20.0 Å². The van der Waals surface area contributed by atoms with Gasteiger partial charge in [0.1, 0.15) is 0 Å². The molecule has 1 fully saturated rings. The molecule has 4 aromatic carbocycles. The summed E-state index contributed by atoms with van der Waals surface area (Å²) in [5, 5.41) is 3.91. The van der Waals surface area contributed by atoms with Gasteiger partial charge in [-0.25, -0.2) is 0 Å². The van der Waals surface area contributed by atoms with Crippen LogP contribution in [0.4, 0.5) is 0 Å². The second-order valence-electron chi connectivity index (χ2n) is 15.1. The topological polar surface area (TPSA) is 0 Å². The zero-order valence-electron chi connectivity index (χ0n) is 29.0. The fourth-order valence-electron chi connectivity index (χ4n) is 9.85. The molecule has 0 nitrogen and oxygen atoms in total. The van der Waals surface area contributed by atoms with Crippen molar-refractivity contribution in [1.82, 2.24) is 0 Å². The van der Waals surface area contributed by atoms with Crippen LogP contribution in [0.3, 0.4) is 0 Å². The van der Waals surface area contributed by atoms with Gasteiger partial charge in [0.2, 0.25) is 0 Å². The summed E-state index contributed by atoms with van der Waals surface area (Å²) in [5.74, 6) is 0. The fraction of sp³-hybridized carbons (Fsp3) is 0.364. The third-order valence-corrected chi connectivity index (χ3v) is 34.7. The number of hydrogen-bond donors (Lipinski definition) is 0. The van der Waals surface area contributed by atoms with Gasteiger partial charge >= 0.3 is 286 Å². The first-order valence-corrected chi connectivity index (χ1v) is 31.9. The van der Waals surface area contributed by atoms with Gasteiger partial charge in [0.05, 0.1) is 0 Å². The zero-order chi connectivity index (χ0) is 32.1. The van der Waals surface area contributed by atoms with Crippen LogP contribution in [-0.4, -0.2) is 8.07 Å². The Kier molecular flexibility index (Phi) is 8.92. The maximum absolute atomic E-state index is 3.11. The first-order valence-electron chi connectivity index (χ1n) is 18.2. The summed E-state index contributed by atoms with van der Waals surface area (Å²) in [6.45, 7) is 9.35. The molecule has 2 atom stereocenters. The normalized spacial score (nSPS) is 20.0. The van der Waals surface area contributed by atoms with Gasteiger partial charge in [-0.05, 0) is 0 Å². The standard InChI is InChI=1S/C42H46Si.2CH3.Hf/c1-5-7-13-25-43(26-14-8-6-2,35-27-33-19-15-23-39(41(33)29-35)37-21-11-9-17-31(37)3)36-28-34-20-16-24-40(42(34)30-36)38-22-12-10-18-32(38)4;;;/h9-12,15-24,27-30H,5-8,13-14,25-26H2,1-4H3;2*1H3;. The molecule has 236 valence electrons. The van der Waals surface area contributed by atoms with E-state index in [1.165, 1.54) is 84.0 Å². The molecule has 4 aromatic rings. The quantitative estimate of drug-likeness (QED) is 0.111. The molecule has 1 aliphatic heterocycles. The molecule has 0 N–H and O–H groups in total. The van der Waals surface area contributed by atoms with Crippen molar-refractivity contribution in [3.63, 3.8) is 0 Å². The van der Waals surface area contributed by atoms with E-state index in [1.54, 1.807) is 22.3 Å². The molecule has 1 saturated heterocycles. The molecule has 0 radical (unpaired) electrons. The van der Waals surface area contributed by atoms with Crippen molar-refractivity contribution in [3.8, 4) is 22.3 Å². The SMILES string of the molecule is CCCCC[Si]1(CCCCC)C2=Cc3c(-c4ccccc4C)cccc3[CH]2[Hf]([CH3])([CH3])[CH]2C1=Cc1c(-c3ccccc3C)cccc12. The molecule has 0 spiro atoms. The molecule has 46 heavy (non-hydrogen) atoms. The van der Waals surface area contributed by atoms with Gasteiger partial charge in [-0.3, -0.25) is 0 Å². The number of rotatable bonds is 10. The van der Waals surface area contributed by atoms with E-state index in [0.29, 0.717) is 7.35 Å². The van der Waals surface area contributed by atoms with Crippen molar-refractivity contribution in [2.75, 3.05) is 0 Å². The third kappa shape index (κ3) is 5.09. The predicted molar refractivity (Wildman–Crippen MR) is 201 cm³/mol. The van der Waals surface area contributed by atoms with E-state index in [1.807, 2.05) is 10.4 Å². The van der Waals surface area contributed by atoms with Gasteiger partial charge in [-0.15, -0.1) is 0 Å². The van der Waals surface area contributed by atoms with E-state index in [9.17, 15) is 0 Å². The minimum atomic E-state index is -3.11. The molecular formula is C44H52HfSi. The second kappa shape index (κ2) is 12.8. The Morgan fingerprint density at radius 1 is 0.522 bits per heavy atom. The van der Waals surface area contributed by atoms with Crippen molar-refractivity contribution in [2.24, 2.45) is 0 Å². The fourth-order valence-corrected chi connectivity index (χ4v) is 42.7. The molecule has 2 heteroatoms. The Labute approximate surface area is 284 Å². The Morgan fingerprint density at radius 2 is 0.935 bits per heavy atom. The average molecular weight is 787 g/mol. The summed E-state index contributed by atoms with van der Waals surface area (Å²) in [7, 11) is -2.00. The summed E-state index contributed by atoms with van der Waals surface area (Å²) in [6, 6.07) is 35.7. The Hall–Kier alpha value is -2.55. The van der Waals surface area contributed by atoms with Gasteiger partial charge in [0, 0.05) is 0 Å². The van der Waals surface area contributed by atoms with Gasteiger partial charge < -0.3 is 0 Å². The number of unbranched alkanes of at least 4 members (excludes halogenated alkanes) is 4. The Balaban J connectivity index is 1.49. The molecule has 2 unspecified atom stereocenters. The van der Waals surface area contributed by atoms with Crippen LogP contribution in [0.1, 0.15) is 93.1 Å². The molecule has 0 aromatic heterocycles. The van der Waals surface area contributed by atoms with Crippen LogP contribution in [0.15, 0.2) is 95.3 Å². The minimum absolute atomic E-state index is 0.691. The van der Waals surface area contributed by atoms with Gasteiger partial charge in [0.15, 0.2) is 0 Å². The van der Waals surface area contributed by atoms with Crippen LogP contribution in [0.2, 0.25) is 21.4 Å². The third-order valence-electron chi connectivity index (χ3n) is 12.0. The van der Waals surface area contributed by atoms with E-state index in [-0.39, 0.29) is 0 Å². The van der Waals surface area contributed by atoms with Crippen LogP contribution in [0.5, 0.6) is 0 Å². The molecular weight excluding hydrogens is 735 g/mol. The van der Waals surface area contributed by atoms with Gasteiger partial charge in [0.25, 0.3) is 0 Å². The zero-order valence-corrected chi connectivity index (χ0v) is 33.6. The average Bonchev–Trinajstić information content (AvgIpc) is 3.66. The molecule has 0 amide bonds. The summed E-state index contributed by atoms with van der Waals surface area (Å²) in [4.78, 5) is 0. The van der Waals surface area contributed by atoms with E-state index >= 15 is 0 Å². The molecule has 0 bridgehead atoms. The van der Waals surface area contributed by atoms with E-state index < -0.39 is 28.0 Å². The second-order valence-corrected chi connectivity index (χ2v) is 36.7. The van der Waals surface area contributed by atoms with Crippen LogP contribution in [-0.2, 0) is 20.0 Å². The van der Waals surface area contributed by atoms with E-state index in [0.717, 1.165) is 0 Å². The molecule has 3 aliphatic rings. The summed E-state index contributed by atoms with van der Waals surface area (Å²) >= 11 is -3.11. The number of hydrogen-bond acceptors (Lipinski definition) is 0. The van der Waals surface area contributed by atoms with E-state index in [4.69, 9.17) is 0 Å². The number of benzene rings is 4. The summed E-state index contributed by atoms with van der Waals surface area (Å²) in [6.07, 6.45) is 13.7. The predicted octanol–water partition coefficient (Wildman–Crippen LogP) is 13.4. The van der Waals surface area contributed by atoms with Crippen molar-refractivity contribution in [2.45, 2.75) is 95.0 Å². The van der Waals surface area contributed by atoms with Crippen molar-refractivity contribution in [1.29, 1.82) is 0 Å². The van der Waals surface area contributed by atoms with Gasteiger partial charge in [-0.2, -0.15) is 0 Å². The molecule has 0 saturated carbocycles. The summed E-state index contributed by atoms with van der Waals surface area (Å²) < 4.78 is 7.06. The first-order chi connectivity index (χ1) is 22.3. The number of fused-ring (bicyclic) bond motifs is 6. The number of aryl methyl sites for hydroxylation is 2. The molecule has 2 aliphatic carbocycles. The number of allylic oxidation sites excluding steroid dienone is 2. The van der Waals surface area contributed by atoms with Crippen LogP contribution >= 0.6 is 0 Å².